The van der Waals surface area contributed by atoms with E-state index in [1.807, 2.05) is 24.3 Å². The standard InChI is InChI=1S/C19H22FN3O/c1-14-9-17(16-4-6-18(20)7-5-16)12-23(14)13-19(24)22-11-15-3-2-8-21-10-15/h2-8,10,14,17H,9,11-13H2,1H3,(H,22,24)/t14-,17-/m1/s1. The summed E-state index contributed by atoms with van der Waals surface area (Å²) in [6.45, 7) is 3.85. The summed E-state index contributed by atoms with van der Waals surface area (Å²) >= 11 is 0. The van der Waals surface area contributed by atoms with E-state index in [4.69, 9.17) is 0 Å². The van der Waals surface area contributed by atoms with Crippen LogP contribution in [-0.4, -0.2) is 34.9 Å². The number of nitrogens with one attached hydrogen (secondary N) is 1. The van der Waals surface area contributed by atoms with Crippen molar-refractivity contribution in [1.29, 1.82) is 0 Å². The van der Waals surface area contributed by atoms with Gasteiger partial charge in [0.05, 0.1) is 6.54 Å². The summed E-state index contributed by atoms with van der Waals surface area (Å²) in [4.78, 5) is 18.4. The molecule has 3 rings (SSSR count). The van der Waals surface area contributed by atoms with Gasteiger partial charge in [0, 0.05) is 31.5 Å². The molecular weight excluding hydrogens is 305 g/mol. The maximum absolute atomic E-state index is 13.1. The Hall–Kier alpha value is -2.27. The number of benzene rings is 1. The molecular formula is C19H22FN3O. The molecule has 1 aliphatic rings. The topological polar surface area (TPSA) is 45.2 Å². The van der Waals surface area contributed by atoms with E-state index in [0.29, 0.717) is 25.0 Å². The fourth-order valence-corrected chi connectivity index (χ4v) is 3.24. The lowest BCUT2D eigenvalue weighted by Gasteiger charge is -2.20. The van der Waals surface area contributed by atoms with Crippen LogP contribution in [0.15, 0.2) is 48.8 Å². The third-order valence-corrected chi connectivity index (χ3v) is 4.60. The summed E-state index contributed by atoms with van der Waals surface area (Å²) in [5.41, 5.74) is 2.13. The van der Waals surface area contributed by atoms with Crippen LogP contribution >= 0.6 is 0 Å². The van der Waals surface area contributed by atoms with Crippen molar-refractivity contribution >= 4 is 5.91 Å². The van der Waals surface area contributed by atoms with Crippen LogP contribution in [0.1, 0.15) is 30.4 Å². The number of likely N-dealkylation sites (tertiary alicyclic amines) is 1. The molecule has 1 amide bonds. The van der Waals surface area contributed by atoms with Gasteiger partial charge in [0.15, 0.2) is 0 Å². The molecule has 2 heterocycles. The van der Waals surface area contributed by atoms with Crippen molar-refractivity contribution < 1.29 is 9.18 Å². The van der Waals surface area contributed by atoms with E-state index in [2.05, 4.69) is 22.1 Å². The van der Waals surface area contributed by atoms with Crippen molar-refractivity contribution in [3.63, 3.8) is 0 Å². The van der Waals surface area contributed by atoms with E-state index in [9.17, 15) is 9.18 Å². The zero-order valence-corrected chi connectivity index (χ0v) is 13.8. The first kappa shape index (κ1) is 16.6. The summed E-state index contributed by atoms with van der Waals surface area (Å²) in [5, 5.41) is 2.94. The third-order valence-electron chi connectivity index (χ3n) is 4.60. The molecule has 1 aromatic carbocycles. The van der Waals surface area contributed by atoms with Gasteiger partial charge in [-0.15, -0.1) is 0 Å². The quantitative estimate of drug-likeness (QED) is 0.918. The van der Waals surface area contributed by atoms with Gasteiger partial charge in [-0.3, -0.25) is 14.7 Å². The maximum Gasteiger partial charge on any atom is 0.234 e. The molecule has 2 atom stereocenters. The Bertz CT molecular complexity index is 675. The minimum atomic E-state index is -0.212. The summed E-state index contributed by atoms with van der Waals surface area (Å²) < 4.78 is 13.1. The number of halogens is 1. The average Bonchev–Trinajstić information content (AvgIpc) is 2.95. The van der Waals surface area contributed by atoms with Crippen LogP contribution in [0.4, 0.5) is 4.39 Å². The molecule has 0 saturated carbocycles. The van der Waals surface area contributed by atoms with Crippen LogP contribution in [0.5, 0.6) is 0 Å². The average molecular weight is 327 g/mol. The Morgan fingerprint density at radius 2 is 2.12 bits per heavy atom. The zero-order chi connectivity index (χ0) is 16.9. The molecule has 0 aliphatic carbocycles. The first-order chi connectivity index (χ1) is 11.6. The van der Waals surface area contributed by atoms with Crippen molar-refractivity contribution in [2.75, 3.05) is 13.1 Å². The van der Waals surface area contributed by atoms with Gasteiger partial charge in [-0.05, 0) is 48.6 Å². The van der Waals surface area contributed by atoms with E-state index in [-0.39, 0.29) is 11.7 Å². The van der Waals surface area contributed by atoms with Gasteiger partial charge < -0.3 is 5.32 Å². The van der Waals surface area contributed by atoms with Crippen molar-refractivity contribution in [2.45, 2.75) is 31.8 Å². The molecule has 1 N–H and O–H groups in total. The summed E-state index contributed by atoms with van der Waals surface area (Å²) in [7, 11) is 0. The lowest BCUT2D eigenvalue weighted by atomic mass is 9.97. The third kappa shape index (κ3) is 4.17. The second-order valence-corrected chi connectivity index (χ2v) is 6.40. The summed E-state index contributed by atoms with van der Waals surface area (Å²) in [6, 6.07) is 10.8. The van der Waals surface area contributed by atoms with Crippen molar-refractivity contribution in [3.05, 3.63) is 65.7 Å². The van der Waals surface area contributed by atoms with Crippen LogP contribution in [0.2, 0.25) is 0 Å². The Morgan fingerprint density at radius 1 is 1.33 bits per heavy atom. The number of aromatic nitrogens is 1. The van der Waals surface area contributed by atoms with Crippen LogP contribution < -0.4 is 5.32 Å². The van der Waals surface area contributed by atoms with Crippen molar-refractivity contribution in [2.24, 2.45) is 0 Å². The molecule has 24 heavy (non-hydrogen) atoms. The molecule has 1 aliphatic heterocycles. The zero-order valence-electron chi connectivity index (χ0n) is 13.8. The number of carbonyl (C=O) groups is 1. The van der Waals surface area contributed by atoms with Crippen molar-refractivity contribution in [3.8, 4) is 0 Å². The molecule has 0 spiro atoms. The lowest BCUT2D eigenvalue weighted by Crippen LogP contribution is -2.38. The Morgan fingerprint density at radius 3 is 2.83 bits per heavy atom. The fourth-order valence-electron chi connectivity index (χ4n) is 3.24. The van der Waals surface area contributed by atoms with Gasteiger partial charge in [0.25, 0.3) is 0 Å². The van der Waals surface area contributed by atoms with Gasteiger partial charge in [0.1, 0.15) is 5.82 Å². The Balaban J connectivity index is 1.51. The number of pyridine rings is 1. The highest BCUT2D eigenvalue weighted by atomic mass is 19.1. The highest BCUT2D eigenvalue weighted by Crippen LogP contribution is 2.31. The molecule has 1 aromatic heterocycles. The molecule has 126 valence electrons. The van der Waals surface area contributed by atoms with E-state index >= 15 is 0 Å². The highest BCUT2D eigenvalue weighted by Gasteiger charge is 2.31. The van der Waals surface area contributed by atoms with Crippen LogP contribution in [-0.2, 0) is 11.3 Å². The first-order valence-corrected chi connectivity index (χ1v) is 8.27. The predicted molar refractivity (Wildman–Crippen MR) is 90.9 cm³/mol. The summed E-state index contributed by atoms with van der Waals surface area (Å²) in [6.07, 6.45) is 4.46. The smallest absolute Gasteiger partial charge is 0.234 e. The minimum absolute atomic E-state index is 0.0189. The van der Waals surface area contributed by atoms with Crippen molar-refractivity contribution in [1.82, 2.24) is 15.2 Å². The monoisotopic (exact) mass is 327 g/mol. The molecule has 1 saturated heterocycles. The number of amides is 1. The second kappa shape index (κ2) is 7.53. The molecule has 4 nitrogen and oxygen atoms in total. The number of nitrogens with zero attached hydrogens (tertiary/aromatic N) is 2. The summed E-state index contributed by atoms with van der Waals surface area (Å²) in [5.74, 6) is 0.161. The van der Waals surface area contributed by atoms with E-state index in [1.54, 1.807) is 12.4 Å². The van der Waals surface area contributed by atoms with Gasteiger partial charge in [-0.1, -0.05) is 18.2 Å². The van der Waals surface area contributed by atoms with E-state index < -0.39 is 0 Å². The first-order valence-electron chi connectivity index (χ1n) is 8.27. The molecule has 0 unspecified atom stereocenters. The fraction of sp³-hybridized carbons (Fsp3) is 0.368. The van der Waals surface area contributed by atoms with Gasteiger partial charge in [0.2, 0.25) is 5.91 Å². The highest BCUT2D eigenvalue weighted by molar-refractivity contribution is 5.78. The number of hydrogen-bond acceptors (Lipinski definition) is 3. The van der Waals surface area contributed by atoms with Gasteiger partial charge >= 0.3 is 0 Å². The van der Waals surface area contributed by atoms with E-state index in [1.165, 1.54) is 12.1 Å². The van der Waals surface area contributed by atoms with E-state index in [0.717, 1.165) is 24.1 Å². The molecule has 1 fully saturated rings. The minimum Gasteiger partial charge on any atom is -0.351 e. The number of carbonyl (C=O) groups excluding carboxylic acids is 1. The van der Waals surface area contributed by atoms with Crippen LogP contribution in [0, 0.1) is 5.82 Å². The SMILES string of the molecule is C[C@@H]1C[C@@H](c2ccc(F)cc2)CN1CC(=O)NCc1cccnc1. The maximum atomic E-state index is 13.1. The molecule has 2 aromatic rings. The largest absolute Gasteiger partial charge is 0.351 e. The lowest BCUT2D eigenvalue weighted by molar-refractivity contribution is -0.122. The normalized spacial score (nSPS) is 20.9. The second-order valence-electron chi connectivity index (χ2n) is 6.40. The molecule has 5 heteroatoms. The number of hydrogen-bond donors (Lipinski definition) is 1. The molecule has 0 radical (unpaired) electrons. The van der Waals surface area contributed by atoms with Crippen LogP contribution in [0.3, 0.4) is 0 Å². The number of rotatable bonds is 5. The van der Waals surface area contributed by atoms with Gasteiger partial charge in [-0.2, -0.15) is 0 Å². The Kier molecular flexibility index (Phi) is 5.20. The molecule has 0 bridgehead atoms. The predicted octanol–water partition coefficient (Wildman–Crippen LogP) is 2.71. The Labute approximate surface area is 141 Å². The van der Waals surface area contributed by atoms with Gasteiger partial charge in [-0.25, -0.2) is 4.39 Å². The van der Waals surface area contributed by atoms with Crippen LogP contribution in [0.25, 0.3) is 0 Å².